The van der Waals surface area contributed by atoms with Gasteiger partial charge in [0.1, 0.15) is 6.54 Å². The third-order valence-corrected chi connectivity index (χ3v) is 4.07. The Kier molecular flexibility index (Phi) is 11.7. The van der Waals surface area contributed by atoms with Crippen LogP contribution < -0.4 is 5.11 Å². The van der Waals surface area contributed by atoms with E-state index in [4.69, 9.17) is 4.74 Å². The summed E-state index contributed by atoms with van der Waals surface area (Å²) in [5, 5.41) is 10.8. The molecule has 0 spiro atoms. The first kappa shape index (κ1) is 22.9. The fourth-order valence-electron chi connectivity index (χ4n) is 2.82. The van der Waals surface area contributed by atoms with Crippen LogP contribution in [0.1, 0.15) is 71.6 Å². The van der Waals surface area contributed by atoms with Crippen LogP contribution in [-0.2, 0) is 14.3 Å². The van der Waals surface area contributed by atoms with Crippen LogP contribution in [0.4, 0.5) is 0 Å². The second kappa shape index (κ2) is 12.3. The maximum Gasteiger partial charge on any atom is 0.306 e. The van der Waals surface area contributed by atoms with Crippen molar-refractivity contribution < 1.29 is 23.9 Å². The molecule has 0 saturated carbocycles. The Labute approximate surface area is 148 Å². The lowest BCUT2D eigenvalue weighted by molar-refractivity contribution is -0.873. The Morgan fingerprint density at radius 2 is 1.67 bits per heavy atom. The van der Waals surface area contributed by atoms with Gasteiger partial charge < -0.3 is 19.1 Å². The molecule has 24 heavy (non-hydrogen) atoms. The molecule has 0 aromatic rings. The van der Waals surface area contributed by atoms with E-state index < -0.39 is 12.1 Å². The molecule has 0 amide bonds. The van der Waals surface area contributed by atoms with E-state index in [2.05, 4.69) is 13.8 Å². The van der Waals surface area contributed by atoms with Crippen LogP contribution in [0.5, 0.6) is 0 Å². The molecule has 0 heterocycles. The number of aliphatic carboxylic acids is 1. The number of likely N-dealkylation sites (N-methyl/N-ethyl adjacent to an activating group) is 1. The van der Waals surface area contributed by atoms with Gasteiger partial charge >= 0.3 is 5.97 Å². The first-order valence-electron chi connectivity index (χ1n) is 9.33. The molecule has 5 heteroatoms. The number of esters is 1. The summed E-state index contributed by atoms with van der Waals surface area (Å²) in [6, 6.07) is 0. The normalized spacial score (nSPS) is 14.2. The zero-order chi connectivity index (χ0) is 18.6. The summed E-state index contributed by atoms with van der Waals surface area (Å²) in [7, 11) is 5.82. The van der Waals surface area contributed by atoms with E-state index in [1.54, 1.807) is 0 Å². The summed E-state index contributed by atoms with van der Waals surface area (Å²) in [5.41, 5.74) is 0. The van der Waals surface area contributed by atoms with Crippen LogP contribution in [0.15, 0.2) is 0 Å². The first-order valence-corrected chi connectivity index (χ1v) is 9.33. The standard InChI is InChI=1S/C19H37NO4/c1-6-7-11-16(2)12-9-8-10-13-19(23)24-17(14-18(21)22)15-20(3,4)5/h16-17H,6-15H2,1-5H3. The minimum Gasteiger partial charge on any atom is -0.550 e. The van der Waals surface area contributed by atoms with Crippen LogP contribution >= 0.6 is 0 Å². The van der Waals surface area contributed by atoms with E-state index in [1.807, 2.05) is 21.1 Å². The number of carbonyl (C=O) groups excluding carboxylic acids is 2. The van der Waals surface area contributed by atoms with Gasteiger partial charge in [0, 0.05) is 18.8 Å². The molecule has 0 saturated heterocycles. The quantitative estimate of drug-likeness (QED) is 0.276. The van der Waals surface area contributed by atoms with Crippen LogP contribution in [0.25, 0.3) is 0 Å². The first-order chi connectivity index (χ1) is 11.1. The van der Waals surface area contributed by atoms with E-state index in [-0.39, 0.29) is 12.4 Å². The topological polar surface area (TPSA) is 66.4 Å². The predicted octanol–water partition coefficient (Wildman–Crippen LogP) is 2.52. The van der Waals surface area contributed by atoms with Crippen molar-refractivity contribution in [1.29, 1.82) is 0 Å². The van der Waals surface area contributed by atoms with Gasteiger partial charge in [-0.05, 0) is 12.3 Å². The highest BCUT2D eigenvalue weighted by Gasteiger charge is 2.22. The van der Waals surface area contributed by atoms with Gasteiger partial charge in [0.15, 0.2) is 6.10 Å². The van der Waals surface area contributed by atoms with Crippen molar-refractivity contribution in [3.63, 3.8) is 0 Å². The number of hydrogen-bond donors (Lipinski definition) is 0. The summed E-state index contributed by atoms with van der Waals surface area (Å²) >= 11 is 0. The average Bonchev–Trinajstić information content (AvgIpc) is 2.42. The Hall–Kier alpha value is -1.10. The van der Waals surface area contributed by atoms with Crippen molar-refractivity contribution in [3.8, 4) is 0 Å². The summed E-state index contributed by atoms with van der Waals surface area (Å²) in [6.45, 7) is 4.97. The highest BCUT2D eigenvalue weighted by Crippen LogP contribution is 2.16. The molecular weight excluding hydrogens is 306 g/mol. The van der Waals surface area contributed by atoms with Gasteiger partial charge in [-0.15, -0.1) is 0 Å². The van der Waals surface area contributed by atoms with Crippen molar-refractivity contribution >= 4 is 11.9 Å². The monoisotopic (exact) mass is 343 g/mol. The fourth-order valence-corrected chi connectivity index (χ4v) is 2.82. The number of unbranched alkanes of at least 4 members (excludes halogenated alkanes) is 3. The van der Waals surface area contributed by atoms with Gasteiger partial charge in [0.25, 0.3) is 0 Å². The summed E-state index contributed by atoms with van der Waals surface area (Å²) in [6.07, 6.45) is 7.51. The molecule has 0 bridgehead atoms. The van der Waals surface area contributed by atoms with Crippen molar-refractivity contribution in [3.05, 3.63) is 0 Å². The second-order valence-electron chi connectivity index (χ2n) is 8.01. The zero-order valence-corrected chi connectivity index (χ0v) is 16.3. The number of carbonyl (C=O) groups is 2. The molecule has 0 aliphatic carbocycles. The summed E-state index contributed by atoms with van der Waals surface area (Å²) in [4.78, 5) is 22.7. The molecule has 0 aliphatic heterocycles. The number of hydrogen-bond acceptors (Lipinski definition) is 4. The van der Waals surface area contributed by atoms with Gasteiger partial charge in [0.2, 0.25) is 0 Å². The van der Waals surface area contributed by atoms with Gasteiger partial charge in [0.05, 0.1) is 21.1 Å². The van der Waals surface area contributed by atoms with Gasteiger partial charge in [-0.2, -0.15) is 0 Å². The van der Waals surface area contributed by atoms with Gasteiger partial charge in [-0.25, -0.2) is 0 Å². The molecule has 0 fully saturated rings. The lowest BCUT2D eigenvalue weighted by Crippen LogP contribution is -2.45. The molecule has 0 N–H and O–H groups in total. The van der Waals surface area contributed by atoms with Crippen molar-refractivity contribution in [1.82, 2.24) is 0 Å². The molecule has 2 unspecified atom stereocenters. The minimum absolute atomic E-state index is 0.240. The number of rotatable bonds is 14. The third kappa shape index (κ3) is 14.5. The molecule has 0 aromatic heterocycles. The Bertz CT molecular complexity index is 363. The van der Waals surface area contributed by atoms with E-state index >= 15 is 0 Å². The Morgan fingerprint density at radius 3 is 2.21 bits per heavy atom. The lowest BCUT2D eigenvalue weighted by atomic mass is 9.97. The maximum atomic E-state index is 11.9. The second-order valence-corrected chi connectivity index (χ2v) is 8.01. The molecule has 5 nitrogen and oxygen atoms in total. The van der Waals surface area contributed by atoms with Crippen molar-refractivity contribution in [2.45, 2.75) is 77.7 Å². The Balaban J connectivity index is 3.97. The van der Waals surface area contributed by atoms with E-state index in [9.17, 15) is 14.7 Å². The molecule has 0 aliphatic rings. The number of carboxylic acid groups (broad SMARTS) is 1. The predicted molar refractivity (Wildman–Crippen MR) is 94.2 cm³/mol. The summed E-state index contributed by atoms with van der Waals surface area (Å²) < 4.78 is 5.89. The van der Waals surface area contributed by atoms with Crippen molar-refractivity contribution in [2.24, 2.45) is 5.92 Å². The van der Waals surface area contributed by atoms with E-state index in [0.717, 1.165) is 25.2 Å². The molecule has 0 rings (SSSR count). The smallest absolute Gasteiger partial charge is 0.306 e. The van der Waals surface area contributed by atoms with E-state index in [1.165, 1.54) is 25.7 Å². The van der Waals surface area contributed by atoms with Crippen LogP contribution in [0.3, 0.4) is 0 Å². The SMILES string of the molecule is CCCCC(C)CCCCCC(=O)OC(CC(=O)[O-])C[N+](C)(C)C. The van der Waals surface area contributed by atoms with Gasteiger partial charge in [-0.1, -0.05) is 52.4 Å². The molecule has 142 valence electrons. The maximum absolute atomic E-state index is 11.9. The fraction of sp³-hybridized carbons (Fsp3) is 0.895. The molecule has 0 radical (unpaired) electrons. The largest absolute Gasteiger partial charge is 0.550 e. The number of quaternary nitrogens is 1. The Morgan fingerprint density at radius 1 is 1.04 bits per heavy atom. The van der Waals surface area contributed by atoms with Crippen LogP contribution in [-0.4, -0.2) is 50.2 Å². The van der Waals surface area contributed by atoms with Crippen LogP contribution in [0, 0.1) is 5.92 Å². The molecule has 2 atom stereocenters. The summed E-state index contributed by atoms with van der Waals surface area (Å²) in [5.74, 6) is -0.718. The van der Waals surface area contributed by atoms with Crippen molar-refractivity contribution in [2.75, 3.05) is 27.7 Å². The van der Waals surface area contributed by atoms with Gasteiger partial charge in [-0.3, -0.25) is 4.79 Å². The molecule has 0 aromatic carbocycles. The number of nitrogens with zero attached hydrogens (tertiary/aromatic N) is 1. The highest BCUT2D eigenvalue weighted by molar-refractivity contribution is 5.70. The minimum atomic E-state index is -1.18. The lowest BCUT2D eigenvalue weighted by Gasteiger charge is -2.29. The molecular formula is C19H37NO4. The zero-order valence-electron chi connectivity index (χ0n) is 16.3. The average molecular weight is 344 g/mol. The van der Waals surface area contributed by atoms with E-state index in [0.29, 0.717) is 17.4 Å². The highest BCUT2D eigenvalue weighted by atomic mass is 16.5. The third-order valence-electron chi connectivity index (χ3n) is 4.07. The number of ether oxygens (including phenoxy) is 1. The van der Waals surface area contributed by atoms with Crippen LogP contribution in [0.2, 0.25) is 0 Å². The number of carboxylic acids is 1.